The molecule has 3 unspecified atom stereocenters. The zero-order valence-electron chi connectivity index (χ0n) is 13.2. The van der Waals surface area contributed by atoms with E-state index in [-0.39, 0.29) is 18.0 Å². The van der Waals surface area contributed by atoms with Crippen LogP contribution >= 0.6 is 0 Å². The van der Waals surface area contributed by atoms with E-state index in [1.807, 2.05) is 38.1 Å². The molecule has 21 heavy (non-hydrogen) atoms. The van der Waals surface area contributed by atoms with Crippen molar-refractivity contribution in [2.24, 2.45) is 5.92 Å². The normalized spacial score (nSPS) is 23.4. The van der Waals surface area contributed by atoms with Crippen molar-refractivity contribution in [3.8, 4) is 5.75 Å². The Bertz CT molecular complexity index is 458. The maximum atomic E-state index is 12.3. The van der Waals surface area contributed by atoms with E-state index in [2.05, 4.69) is 17.6 Å². The predicted molar refractivity (Wildman–Crippen MR) is 84.4 cm³/mol. The largest absolute Gasteiger partial charge is 0.494 e. The molecule has 1 aliphatic heterocycles. The van der Waals surface area contributed by atoms with Crippen molar-refractivity contribution < 1.29 is 9.53 Å². The molecular formula is C17H26N2O2. The second kappa shape index (κ2) is 7.46. The van der Waals surface area contributed by atoms with Gasteiger partial charge in [-0.2, -0.15) is 0 Å². The van der Waals surface area contributed by atoms with Gasteiger partial charge in [-0.15, -0.1) is 0 Å². The fourth-order valence-electron chi connectivity index (χ4n) is 2.72. The summed E-state index contributed by atoms with van der Waals surface area (Å²) in [6.07, 6.45) is 2.07. The highest BCUT2D eigenvalue weighted by molar-refractivity contribution is 5.82. The van der Waals surface area contributed by atoms with Crippen molar-refractivity contribution in [1.29, 1.82) is 0 Å². The number of hydrogen-bond acceptors (Lipinski definition) is 3. The molecule has 116 valence electrons. The van der Waals surface area contributed by atoms with Gasteiger partial charge >= 0.3 is 0 Å². The van der Waals surface area contributed by atoms with Gasteiger partial charge in [-0.05, 0) is 56.8 Å². The summed E-state index contributed by atoms with van der Waals surface area (Å²) < 4.78 is 5.43. The zero-order chi connectivity index (χ0) is 15.2. The Kier molecular flexibility index (Phi) is 5.62. The molecule has 0 bridgehead atoms. The lowest BCUT2D eigenvalue weighted by atomic mass is 9.93. The Balaban J connectivity index is 1.90. The highest BCUT2D eigenvalue weighted by atomic mass is 16.5. The van der Waals surface area contributed by atoms with Crippen LogP contribution in [0.25, 0.3) is 0 Å². The number of benzene rings is 1. The van der Waals surface area contributed by atoms with Gasteiger partial charge in [-0.25, -0.2) is 0 Å². The molecule has 2 rings (SSSR count). The standard InChI is InChI=1S/C17H26N2O2/c1-4-21-15-7-5-14(6-8-15)13(3)19-17(20)16-11-12(2)9-10-18-16/h5-8,12-13,16,18H,4,9-11H2,1-3H3,(H,19,20). The fraction of sp³-hybridized carbons (Fsp3) is 0.588. The molecule has 1 aliphatic rings. The van der Waals surface area contributed by atoms with Crippen molar-refractivity contribution in [3.63, 3.8) is 0 Å². The lowest BCUT2D eigenvalue weighted by molar-refractivity contribution is -0.124. The Labute approximate surface area is 127 Å². The predicted octanol–water partition coefficient (Wildman–Crippen LogP) is 2.65. The van der Waals surface area contributed by atoms with E-state index in [4.69, 9.17) is 4.74 Å². The molecule has 1 aromatic carbocycles. The number of rotatable bonds is 5. The number of carbonyl (C=O) groups is 1. The first kappa shape index (κ1) is 15.8. The van der Waals surface area contributed by atoms with Crippen LogP contribution in [0.3, 0.4) is 0 Å². The molecule has 1 fully saturated rings. The number of ether oxygens (including phenoxy) is 1. The molecule has 0 spiro atoms. The van der Waals surface area contributed by atoms with Crippen LogP contribution in [0, 0.1) is 5.92 Å². The second-order valence-corrected chi connectivity index (χ2v) is 5.87. The van der Waals surface area contributed by atoms with Crippen LogP contribution in [-0.2, 0) is 4.79 Å². The quantitative estimate of drug-likeness (QED) is 0.876. The Morgan fingerprint density at radius 3 is 2.76 bits per heavy atom. The van der Waals surface area contributed by atoms with E-state index < -0.39 is 0 Å². The fourth-order valence-corrected chi connectivity index (χ4v) is 2.72. The average Bonchev–Trinajstić information content (AvgIpc) is 2.48. The number of piperidine rings is 1. The molecule has 4 nitrogen and oxygen atoms in total. The number of hydrogen-bond donors (Lipinski definition) is 2. The summed E-state index contributed by atoms with van der Waals surface area (Å²) in [6.45, 7) is 7.78. The second-order valence-electron chi connectivity index (χ2n) is 5.87. The van der Waals surface area contributed by atoms with Gasteiger partial charge in [-0.1, -0.05) is 19.1 Å². The van der Waals surface area contributed by atoms with Crippen molar-refractivity contribution >= 4 is 5.91 Å². The van der Waals surface area contributed by atoms with E-state index >= 15 is 0 Å². The van der Waals surface area contributed by atoms with Crippen LogP contribution in [0.15, 0.2) is 24.3 Å². The van der Waals surface area contributed by atoms with Crippen molar-refractivity contribution in [2.75, 3.05) is 13.2 Å². The van der Waals surface area contributed by atoms with Gasteiger partial charge in [0.05, 0.1) is 18.7 Å². The third kappa shape index (κ3) is 4.46. The van der Waals surface area contributed by atoms with E-state index in [1.165, 1.54) is 0 Å². The minimum atomic E-state index is -0.0566. The summed E-state index contributed by atoms with van der Waals surface area (Å²) in [5.74, 6) is 1.58. The van der Waals surface area contributed by atoms with Gasteiger partial charge < -0.3 is 15.4 Å². The van der Waals surface area contributed by atoms with Crippen molar-refractivity contribution in [2.45, 2.75) is 45.7 Å². The summed E-state index contributed by atoms with van der Waals surface area (Å²) >= 11 is 0. The van der Waals surface area contributed by atoms with E-state index in [0.717, 1.165) is 30.7 Å². The minimum Gasteiger partial charge on any atom is -0.494 e. The highest BCUT2D eigenvalue weighted by Crippen LogP contribution is 2.19. The molecule has 1 heterocycles. The lowest BCUT2D eigenvalue weighted by Crippen LogP contribution is -2.48. The van der Waals surface area contributed by atoms with Crippen LogP contribution in [-0.4, -0.2) is 25.1 Å². The first-order chi connectivity index (χ1) is 10.1. The molecule has 0 radical (unpaired) electrons. The van der Waals surface area contributed by atoms with Gasteiger partial charge in [0, 0.05) is 0 Å². The highest BCUT2D eigenvalue weighted by Gasteiger charge is 2.25. The van der Waals surface area contributed by atoms with Crippen LogP contribution in [0.4, 0.5) is 0 Å². The molecule has 0 aromatic heterocycles. The van der Waals surface area contributed by atoms with Crippen LogP contribution in [0.1, 0.15) is 45.2 Å². The van der Waals surface area contributed by atoms with E-state index in [0.29, 0.717) is 12.5 Å². The van der Waals surface area contributed by atoms with E-state index in [9.17, 15) is 4.79 Å². The Hall–Kier alpha value is -1.55. The molecule has 4 heteroatoms. The monoisotopic (exact) mass is 290 g/mol. The summed E-state index contributed by atoms with van der Waals surface area (Å²) in [5, 5.41) is 6.40. The first-order valence-electron chi connectivity index (χ1n) is 7.86. The maximum absolute atomic E-state index is 12.3. The SMILES string of the molecule is CCOc1ccc(C(C)NC(=O)C2CC(C)CCN2)cc1. The summed E-state index contributed by atoms with van der Waals surface area (Å²) in [7, 11) is 0. The number of carbonyl (C=O) groups excluding carboxylic acids is 1. The zero-order valence-corrected chi connectivity index (χ0v) is 13.2. The molecule has 1 aromatic rings. The Morgan fingerprint density at radius 2 is 2.14 bits per heavy atom. The molecule has 2 N–H and O–H groups in total. The molecule has 0 saturated carbocycles. The first-order valence-corrected chi connectivity index (χ1v) is 7.86. The van der Waals surface area contributed by atoms with Crippen molar-refractivity contribution in [3.05, 3.63) is 29.8 Å². The lowest BCUT2D eigenvalue weighted by Gasteiger charge is -2.28. The van der Waals surface area contributed by atoms with Gasteiger partial charge in [0.15, 0.2) is 0 Å². The number of nitrogens with one attached hydrogen (secondary N) is 2. The Morgan fingerprint density at radius 1 is 1.43 bits per heavy atom. The van der Waals surface area contributed by atoms with Gasteiger partial charge in [0.25, 0.3) is 0 Å². The van der Waals surface area contributed by atoms with Crippen LogP contribution in [0.5, 0.6) is 5.75 Å². The topological polar surface area (TPSA) is 50.4 Å². The third-order valence-corrected chi connectivity index (χ3v) is 4.03. The molecule has 1 amide bonds. The average molecular weight is 290 g/mol. The smallest absolute Gasteiger partial charge is 0.237 e. The van der Waals surface area contributed by atoms with Gasteiger partial charge in [-0.3, -0.25) is 4.79 Å². The third-order valence-electron chi connectivity index (χ3n) is 4.03. The van der Waals surface area contributed by atoms with Crippen LogP contribution < -0.4 is 15.4 Å². The number of amides is 1. The molecule has 3 atom stereocenters. The van der Waals surface area contributed by atoms with Crippen LogP contribution in [0.2, 0.25) is 0 Å². The maximum Gasteiger partial charge on any atom is 0.237 e. The molecule has 0 aliphatic carbocycles. The van der Waals surface area contributed by atoms with Gasteiger partial charge in [0.2, 0.25) is 5.91 Å². The summed E-state index contributed by atoms with van der Waals surface area (Å²) in [6, 6.07) is 7.86. The van der Waals surface area contributed by atoms with Crippen molar-refractivity contribution in [1.82, 2.24) is 10.6 Å². The minimum absolute atomic E-state index is 0.00668. The van der Waals surface area contributed by atoms with E-state index in [1.54, 1.807) is 0 Å². The van der Waals surface area contributed by atoms with Gasteiger partial charge in [0.1, 0.15) is 5.75 Å². The summed E-state index contributed by atoms with van der Waals surface area (Å²) in [5.41, 5.74) is 1.09. The summed E-state index contributed by atoms with van der Waals surface area (Å²) in [4.78, 5) is 12.3. The molecular weight excluding hydrogens is 264 g/mol. The molecule has 1 saturated heterocycles.